The summed E-state index contributed by atoms with van der Waals surface area (Å²) in [4.78, 5) is 36.0. The highest BCUT2D eigenvalue weighted by Crippen LogP contribution is 2.13. The Labute approximate surface area is 149 Å². The van der Waals surface area contributed by atoms with Crippen LogP contribution in [-0.4, -0.2) is 22.9 Å². The van der Waals surface area contributed by atoms with Gasteiger partial charge in [-0.05, 0) is 42.8 Å². The van der Waals surface area contributed by atoms with E-state index in [1.807, 2.05) is 6.92 Å². The maximum absolute atomic E-state index is 12.2. The number of rotatable bonds is 6. The Morgan fingerprint density at radius 2 is 1.81 bits per heavy atom. The number of hydrogen-bond acceptors (Lipinski definition) is 4. The van der Waals surface area contributed by atoms with E-state index in [0.29, 0.717) is 28.9 Å². The third-order valence-corrected chi connectivity index (χ3v) is 3.84. The standard InChI is InChI=1S/C19H19N3O4/c1-2-11-20-18(24)13-7-9-14(10-8-13)21-17(23)12-22-15-5-3-4-6-16(15)26-19(22)25/h3-10H,2,11-12H2,1H3,(H,20,24)(H,21,23). The smallest absolute Gasteiger partial charge is 0.408 e. The van der Waals surface area contributed by atoms with Crippen molar-refractivity contribution in [1.82, 2.24) is 9.88 Å². The Balaban J connectivity index is 1.67. The van der Waals surface area contributed by atoms with E-state index >= 15 is 0 Å². The summed E-state index contributed by atoms with van der Waals surface area (Å²) in [5.74, 6) is -1.09. The van der Waals surface area contributed by atoms with E-state index in [9.17, 15) is 14.4 Å². The van der Waals surface area contributed by atoms with Crippen LogP contribution in [0.25, 0.3) is 11.1 Å². The van der Waals surface area contributed by atoms with Crippen LogP contribution in [0, 0.1) is 0 Å². The van der Waals surface area contributed by atoms with Crippen LogP contribution in [-0.2, 0) is 11.3 Å². The first kappa shape index (κ1) is 17.5. The zero-order chi connectivity index (χ0) is 18.5. The van der Waals surface area contributed by atoms with Crippen LogP contribution in [0.3, 0.4) is 0 Å². The molecule has 0 spiro atoms. The van der Waals surface area contributed by atoms with Gasteiger partial charge in [0, 0.05) is 17.8 Å². The van der Waals surface area contributed by atoms with E-state index in [0.717, 1.165) is 6.42 Å². The predicted molar refractivity (Wildman–Crippen MR) is 98.2 cm³/mol. The number of benzene rings is 2. The van der Waals surface area contributed by atoms with Crippen molar-refractivity contribution in [3.05, 3.63) is 64.6 Å². The third kappa shape index (κ3) is 3.83. The molecule has 2 amide bonds. The molecule has 7 nitrogen and oxygen atoms in total. The number of carbonyl (C=O) groups excluding carboxylic acids is 2. The lowest BCUT2D eigenvalue weighted by Crippen LogP contribution is -2.25. The van der Waals surface area contributed by atoms with Crippen molar-refractivity contribution >= 4 is 28.6 Å². The number of nitrogens with one attached hydrogen (secondary N) is 2. The summed E-state index contributed by atoms with van der Waals surface area (Å²) in [6.45, 7) is 2.44. The van der Waals surface area contributed by atoms with Crippen LogP contribution in [0.15, 0.2) is 57.7 Å². The second-order valence-corrected chi connectivity index (χ2v) is 5.80. The van der Waals surface area contributed by atoms with Gasteiger partial charge in [0.25, 0.3) is 5.91 Å². The number of carbonyl (C=O) groups is 2. The zero-order valence-corrected chi connectivity index (χ0v) is 14.3. The van der Waals surface area contributed by atoms with E-state index in [2.05, 4.69) is 10.6 Å². The molecule has 134 valence electrons. The molecule has 3 rings (SSSR count). The van der Waals surface area contributed by atoms with Crippen LogP contribution in [0.5, 0.6) is 0 Å². The minimum Gasteiger partial charge on any atom is -0.408 e. The van der Waals surface area contributed by atoms with Crippen molar-refractivity contribution in [1.29, 1.82) is 0 Å². The molecule has 0 aliphatic heterocycles. The monoisotopic (exact) mass is 353 g/mol. The molecule has 0 aliphatic carbocycles. The van der Waals surface area contributed by atoms with Gasteiger partial charge < -0.3 is 15.1 Å². The van der Waals surface area contributed by atoms with Gasteiger partial charge in [-0.1, -0.05) is 19.1 Å². The molecule has 0 aliphatic rings. The molecule has 7 heteroatoms. The molecule has 0 fully saturated rings. The second-order valence-electron chi connectivity index (χ2n) is 5.80. The summed E-state index contributed by atoms with van der Waals surface area (Å²) in [7, 11) is 0. The number of fused-ring (bicyclic) bond motifs is 1. The average Bonchev–Trinajstić information content (AvgIpc) is 2.96. The Morgan fingerprint density at radius 3 is 2.54 bits per heavy atom. The van der Waals surface area contributed by atoms with E-state index in [-0.39, 0.29) is 18.4 Å². The van der Waals surface area contributed by atoms with Gasteiger partial charge in [0.2, 0.25) is 5.91 Å². The molecule has 0 atom stereocenters. The molecule has 0 bridgehead atoms. The Kier molecular flexibility index (Phi) is 5.17. The number of hydrogen-bond donors (Lipinski definition) is 2. The van der Waals surface area contributed by atoms with Gasteiger partial charge in [-0.25, -0.2) is 4.79 Å². The van der Waals surface area contributed by atoms with Crippen LogP contribution in [0.2, 0.25) is 0 Å². The fraction of sp³-hybridized carbons (Fsp3) is 0.211. The molecule has 0 unspecified atom stereocenters. The molecular formula is C19H19N3O4. The highest BCUT2D eigenvalue weighted by Gasteiger charge is 2.12. The lowest BCUT2D eigenvalue weighted by Gasteiger charge is -2.07. The predicted octanol–water partition coefficient (Wildman–Crippen LogP) is 2.37. The molecule has 1 heterocycles. The molecule has 0 radical (unpaired) electrons. The third-order valence-electron chi connectivity index (χ3n) is 3.84. The van der Waals surface area contributed by atoms with Gasteiger partial charge in [0.05, 0.1) is 5.52 Å². The summed E-state index contributed by atoms with van der Waals surface area (Å²) in [6.07, 6.45) is 0.863. The minimum atomic E-state index is -0.579. The Bertz CT molecular complexity index is 986. The maximum Gasteiger partial charge on any atom is 0.420 e. The van der Waals surface area contributed by atoms with Gasteiger partial charge in [-0.2, -0.15) is 0 Å². The van der Waals surface area contributed by atoms with Gasteiger partial charge in [0.15, 0.2) is 5.58 Å². The highest BCUT2D eigenvalue weighted by atomic mass is 16.4. The molecule has 3 aromatic rings. The zero-order valence-electron chi connectivity index (χ0n) is 14.3. The number of amides is 2. The van der Waals surface area contributed by atoms with E-state index < -0.39 is 5.76 Å². The van der Waals surface area contributed by atoms with Crippen LogP contribution in [0.4, 0.5) is 5.69 Å². The molecule has 0 saturated heterocycles. The SMILES string of the molecule is CCCNC(=O)c1ccc(NC(=O)Cn2c(=O)oc3ccccc32)cc1. The summed E-state index contributed by atoms with van der Waals surface area (Å²) >= 11 is 0. The fourth-order valence-electron chi connectivity index (χ4n) is 2.55. The van der Waals surface area contributed by atoms with Gasteiger partial charge >= 0.3 is 5.76 Å². The van der Waals surface area contributed by atoms with E-state index in [1.165, 1.54) is 4.57 Å². The van der Waals surface area contributed by atoms with Crippen LogP contribution in [0.1, 0.15) is 23.7 Å². The number of anilines is 1. The van der Waals surface area contributed by atoms with Crippen LogP contribution >= 0.6 is 0 Å². The first-order valence-corrected chi connectivity index (χ1v) is 8.35. The summed E-state index contributed by atoms with van der Waals surface area (Å²) in [5.41, 5.74) is 2.07. The van der Waals surface area contributed by atoms with E-state index in [1.54, 1.807) is 48.5 Å². The lowest BCUT2D eigenvalue weighted by atomic mass is 10.2. The summed E-state index contributed by atoms with van der Waals surface area (Å²) in [5, 5.41) is 5.50. The average molecular weight is 353 g/mol. The van der Waals surface area contributed by atoms with Crippen molar-refractivity contribution in [3.63, 3.8) is 0 Å². The molecule has 2 aromatic carbocycles. The second kappa shape index (κ2) is 7.69. The van der Waals surface area contributed by atoms with Crippen LogP contribution < -0.4 is 16.4 Å². The lowest BCUT2D eigenvalue weighted by molar-refractivity contribution is -0.116. The fourth-order valence-corrected chi connectivity index (χ4v) is 2.55. The van der Waals surface area contributed by atoms with Crippen molar-refractivity contribution in [2.45, 2.75) is 19.9 Å². The Morgan fingerprint density at radius 1 is 1.08 bits per heavy atom. The van der Waals surface area contributed by atoms with Crippen molar-refractivity contribution in [2.75, 3.05) is 11.9 Å². The number of aromatic nitrogens is 1. The van der Waals surface area contributed by atoms with Gasteiger partial charge in [-0.15, -0.1) is 0 Å². The molecule has 26 heavy (non-hydrogen) atoms. The Hall–Kier alpha value is -3.35. The molecule has 2 N–H and O–H groups in total. The van der Waals surface area contributed by atoms with Crippen molar-refractivity contribution < 1.29 is 14.0 Å². The maximum atomic E-state index is 12.2. The first-order valence-electron chi connectivity index (χ1n) is 8.35. The summed E-state index contributed by atoms with van der Waals surface area (Å²) in [6, 6.07) is 13.5. The van der Waals surface area contributed by atoms with E-state index in [4.69, 9.17) is 4.42 Å². The molecule has 1 aromatic heterocycles. The summed E-state index contributed by atoms with van der Waals surface area (Å²) < 4.78 is 6.38. The largest absolute Gasteiger partial charge is 0.420 e. The molecular weight excluding hydrogens is 334 g/mol. The number of nitrogens with zero attached hydrogens (tertiary/aromatic N) is 1. The minimum absolute atomic E-state index is 0.152. The van der Waals surface area contributed by atoms with Gasteiger partial charge in [-0.3, -0.25) is 14.2 Å². The molecule has 0 saturated carbocycles. The number of para-hydroxylation sites is 2. The topological polar surface area (TPSA) is 93.3 Å². The normalized spacial score (nSPS) is 10.7. The quantitative estimate of drug-likeness (QED) is 0.711. The van der Waals surface area contributed by atoms with Crippen molar-refractivity contribution in [2.24, 2.45) is 0 Å². The van der Waals surface area contributed by atoms with Crippen molar-refractivity contribution in [3.8, 4) is 0 Å². The number of oxazole rings is 1. The highest BCUT2D eigenvalue weighted by molar-refractivity contribution is 5.96. The first-order chi connectivity index (χ1) is 12.6. The van der Waals surface area contributed by atoms with Gasteiger partial charge in [0.1, 0.15) is 6.54 Å².